The van der Waals surface area contributed by atoms with Crippen LogP contribution in [0.15, 0.2) is 46.1 Å². The third kappa shape index (κ3) is 7.11. The van der Waals surface area contributed by atoms with E-state index in [0.29, 0.717) is 5.56 Å². The number of halogens is 3. The van der Waals surface area contributed by atoms with E-state index in [1.165, 1.54) is 6.07 Å². The summed E-state index contributed by atoms with van der Waals surface area (Å²) in [5.74, 6) is 0.935. The van der Waals surface area contributed by atoms with Crippen LogP contribution < -0.4 is 10.1 Å². The second-order valence-corrected chi connectivity index (χ2v) is 6.41. The Labute approximate surface area is 186 Å². The van der Waals surface area contributed by atoms with Crippen LogP contribution in [0.4, 0.5) is 8.78 Å². The molecule has 2 heterocycles. The molecule has 1 aromatic carbocycles. The molecule has 1 aromatic heterocycles. The highest BCUT2D eigenvalue weighted by Crippen LogP contribution is 2.21. The number of aliphatic imine (C=N–C) groups is 1. The molecule has 29 heavy (non-hydrogen) atoms. The fraction of sp³-hybridized carbons (Fsp3) is 0.474. The Bertz CT molecular complexity index is 753. The molecule has 1 fully saturated rings. The van der Waals surface area contributed by atoms with E-state index in [9.17, 15) is 8.78 Å². The number of nitrogens with zero attached hydrogens (tertiary/aromatic N) is 4. The molecule has 1 N–H and O–H groups in total. The Morgan fingerprint density at radius 3 is 2.66 bits per heavy atom. The fourth-order valence-corrected chi connectivity index (χ4v) is 3.10. The third-order valence-corrected chi connectivity index (χ3v) is 4.47. The lowest BCUT2D eigenvalue weighted by Gasteiger charge is -2.36. The molecule has 2 aromatic rings. The van der Waals surface area contributed by atoms with Crippen LogP contribution in [0.5, 0.6) is 5.75 Å². The number of hydrogen-bond donors (Lipinski definition) is 1. The van der Waals surface area contributed by atoms with E-state index < -0.39 is 6.61 Å². The lowest BCUT2D eigenvalue weighted by molar-refractivity contribution is -0.0504. The molecule has 0 aliphatic carbocycles. The van der Waals surface area contributed by atoms with Gasteiger partial charge in [-0.1, -0.05) is 23.4 Å². The van der Waals surface area contributed by atoms with Gasteiger partial charge in [-0.15, -0.1) is 24.0 Å². The van der Waals surface area contributed by atoms with Crippen molar-refractivity contribution in [2.75, 3.05) is 32.7 Å². The van der Waals surface area contributed by atoms with Crippen molar-refractivity contribution in [3.05, 3.63) is 47.9 Å². The van der Waals surface area contributed by atoms with E-state index in [-0.39, 0.29) is 36.3 Å². The monoisotopic (exact) mass is 521 g/mol. The minimum Gasteiger partial charge on any atom is -0.434 e. The molecule has 1 aliphatic heterocycles. The second-order valence-electron chi connectivity index (χ2n) is 6.41. The van der Waals surface area contributed by atoms with Crippen molar-refractivity contribution in [3.8, 4) is 5.75 Å². The Hall–Kier alpha value is -1.95. The predicted octanol–water partition coefficient (Wildman–Crippen LogP) is 3.18. The van der Waals surface area contributed by atoms with Crippen molar-refractivity contribution in [2.24, 2.45) is 4.99 Å². The SMILES string of the molecule is CCNC(=NCc1ccccc1OC(F)F)N1CCN(Cc2ccon2)CC1.I. The van der Waals surface area contributed by atoms with Crippen molar-refractivity contribution < 1.29 is 18.0 Å². The molecule has 0 radical (unpaired) electrons. The Morgan fingerprint density at radius 1 is 1.24 bits per heavy atom. The van der Waals surface area contributed by atoms with Crippen LogP contribution >= 0.6 is 24.0 Å². The third-order valence-electron chi connectivity index (χ3n) is 4.47. The molecule has 0 unspecified atom stereocenters. The summed E-state index contributed by atoms with van der Waals surface area (Å²) in [5.41, 5.74) is 1.55. The zero-order chi connectivity index (χ0) is 19.8. The average Bonchev–Trinajstić information content (AvgIpc) is 3.19. The summed E-state index contributed by atoms with van der Waals surface area (Å²) in [6, 6.07) is 8.62. The topological polar surface area (TPSA) is 66.1 Å². The Kier molecular flexibility index (Phi) is 9.58. The van der Waals surface area contributed by atoms with Crippen LogP contribution in [-0.2, 0) is 13.1 Å². The van der Waals surface area contributed by atoms with Gasteiger partial charge in [0, 0.05) is 50.9 Å². The van der Waals surface area contributed by atoms with Gasteiger partial charge >= 0.3 is 6.61 Å². The molecule has 0 spiro atoms. The first-order valence-corrected chi connectivity index (χ1v) is 9.33. The van der Waals surface area contributed by atoms with Crippen LogP contribution in [0.2, 0.25) is 0 Å². The second kappa shape index (κ2) is 11.9. The molecule has 160 valence electrons. The summed E-state index contributed by atoms with van der Waals surface area (Å²) in [7, 11) is 0. The lowest BCUT2D eigenvalue weighted by atomic mass is 10.2. The molecule has 0 atom stereocenters. The summed E-state index contributed by atoms with van der Waals surface area (Å²) in [5, 5.41) is 7.24. The standard InChI is InChI=1S/C19H25F2N5O2.HI/c1-2-22-19(23-13-15-5-3-4-6-17(15)28-18(20)21)26-10-8-25(9-11-26)14-16-7-12-27-24-16;/h3-7,12,18H,2,8-11,13-14H2,1H3,(H,22,23);1H. The van der Waals surface area contributed by atoms with E-state index in [1.54, 1.807) is 24.5 Å². The van der Waals surface area contributed by atoms with Crippen LogP contribution in [0.3, 0.4) is 0 Å². The van der Waals surface area contributed by atoms with E-state index in [0.717, 1.165) is 50.9 Å². The number of aromatic nitrogens is 1. The molecule has 10 heteroatoms. The molecule has 0 bridgehead atoms. The highest BCUT2D eigenvalue weighted by Gasteiger charge is 2.20. The highest BCUT2D eigenvalue weighted by atomic mass is 127. The van der Waals surface area contributed by atoms with E-state index in [4.69, 9.17) is 4.52 Å². The molecule has 0 amide bonds. The normalized spacial score (nSPS) is 15.3. The van der Waals surface area contributed by atoms with E-state index in [2.05, 4.69) is 30.0 Å². The molecule has 0 saturated carbocycles. The van der Waals surface area contributed by atoms with Crippen LogP contribution in [0.1, 0.15) is 18.2 Å². The van der Waals surface area contributed by atoms with E-state index >= 15 is 0 Å². The summed E-state index contributed by atoms with van der Waals surface area (Å²) < 4.78 is 34.7. The van der Waals surface area contributed by atoms with Gasteiger partial charge in [-0.25, -0.2) is 4.99 Å². The zero-order valence-corrected chi connectivity index (χ0v) is 18.6. The van der Waals surface area contributed by atoms with E-state index in [1.807, 2.05) is 13.0 Å². The number of guanidine groups is 1. The van der Waals surface area contributed by atoms with Crippen molar-refractivity contribution in [1.29, 1.82) is 0 Å². The Balaban J connectivity index is 0.00000300. The quantitative estimate of drug-likeness (QED) is 0.343. The molecule has 1 aliphatic rings. The maximum absolute atomic E-state index is 12.6. The van der Waals surface area contributed by atoms with Crippen LogP contribution in [0.25, 0.3) is 0 Å². The van der Waals surface area contributed by atoms with Crippen molar-refractivity contribution in [2.45, 2.75) is 26.6 Å². The first kappa shape index (κ1) is 23.3. The van der Waals surface area contributed by atoms with Crippen LogP contribution in [0, 0.1) is 0 Å². The molecule has 7 nitrogen and oxygen atoms in total. The minimum absolute atomic E-state index is 0. The number of piperazine rings is 1. The van der Waals surface area contributed by atoms with Crippen molar-refractivity contribution >= 4 is 29.9 Å². The number of rotatable bonds is 7. The van der Waals surface area contributed by atoms with Crippen LogP contribution in [-0.4, -0.2) is 60.3 Å². The highest BCUT2D eigenvalue weighted by molar-refractivity contribution is 14.0. The molecular weight excluding hydrogens is 495 g/mol. The largest absolute Gasteiger partial charge is 0.434 e. The van der Waals surface area contributed by atoms with Gasteiger partial charge in [-0.3, -0.25) is 4.90 Å². The first-order valence-electron chi connectivity index (χ1n) is 9.33. The zero-order valence-electron chi connectivity index (χ0n) is 16.3. The van der Waals surface area contributed by atoms with Gasteiger partial charge in [0.05, 0.1) is 12.2 Å². The molecular formula is C19H26F2IN5O2. The van der Waals surface area contributed by atoms with Crippen molar-refractivity contribution in [3.63, 3.8) is 0 Å². The summed E-state index contributed by atoms with van der Waals surface area (Å²) in [4.78, 5) is 9.13. The van der Waals surface area contributed by atoms with Gasteiger partial charge in [0.2, 0.25) is 0 Å². The number of benzene rings is 1. The minimum atomic E-state index is -2.85. The number of alkyl halides is 2. The number of nitrogens with one attached hydrogen (secondary N) is 1. The summed E-state index contributed by atoms with van der Waals surface area (Å²) in [6.07, 6.45) is 1.58. The molecule has 3 rings (SSSR count). The maximum Gasteiger partial charge on any atom is 0.387 e. The first-order chi connectivity index (χ1) is 13.7. The number of para-hydroxylation sites is 1. The van der Waals surface area contributed by atoms with Gasteiger partial charge < -0.3 is 19.5 Å². The van der Waals surface area contributed by atoms with Gasteiger partial charge in [0.15, 0.2) is 5.96 Å². The van der Waals surface area contributed by atoms with Gasteiger partial charge in [-0.2, -0.15) is 8.78 Å². The fourth-order valence-electron chi connectivity index (χ4n) is 3.10. The summed E-state index contributed by atoms with van der Waals surface area (Å²) in [6.45, 7) is 4.30. The maximum atomic E-state index is 12.6. The number of ether oxygens (including phenoxy) is 1. The van der Waals surface area contributed by atoms with Crippen molar-refractivity contribution in [1.82, 2.24) is 20.3 Å². The summed E-state index contributed by atoms with van der Waals surface area (Å²) >= 11 is 0. The average molecular weight is 521 g/mol. The molecule has 1 saturated heterocycles. The Morgan fingerprint density at radius 2 is 2.00 bits per heavy atom. The predicted molar refractivity (Wildman–Crippen MR) is 117 cm³/mol. The smallest absolute Gasteiger partial charge is 0.387 e. The number of hydrogen-bond acceptors (Lipinski definition) is 5. The lowest BCUT2D eigenvalue weighted by Crippen LogP contribution is -2.52. The van der Waals surface area contributed by atoms with Gasteiger partial charge in [0.1, 0.15) is 12.0 Å². The van der Waals surface area contributed by atoms with Gasteiger partial charge in [-0.05, 0) is 13.0 Å². The van der Waals surface area contributed by atoms with Gasteiger partial charge in [0.25, 0.3) is 0 Å².